The third-order valence-corrected chi connectivity index (χ3v) is 2.68. The molecule has 0 heterocycles. The molecule has 1 saturated carbocycles. The van der Waals surface area contributed by atoms with Gasteiger partial charge in [-0.05, 0) is 38.5 Å². The van der Waals surface area contributed by atoms with Crippen LogP contribution in [0.25, 0.3) is 0 Å². The van der Waals surface area contributed by atoms with Crippen LogP contribution < -0.4 is 0 Å². The minimum absolute atomic E-state index is 0.353. The van der Waals surface area contributed by atoms with Crippen LogP contribution in [0.5, 0.6) is 0 Å². The molecule has 0 amide bonds. The van der Waals surface area contributed by atoms with Crippen molar-refractivity contribution in [3.63, 3.8) is 0 Å². The summed E-state index contributed by atoms with van der Waals surface area (Å²) in [6.07, 6.45) is 6.50. The first-order valence-electron chi connectivity index (χ1n) is 4.37. The second-order valence-corrected chi connectivity index (χ2v) is 3.46. The molecule has 0 unspecified atom stereocenters. The maximum atomic E-state index is 11.0. The predicted molar refractivity (Wildman–Crippen MR) is 46.3 cm³/mol. The van der Waals surface area contributed by atoms with E-state index in [1.54, 1.807) is 6.92 Å². The van der Waals surface area contributed by atoms with E-state index < -0.39 is 0 Å². The van der Waals surface area contributed by atoms with Gasteiger partial charge in [-0.15, -0.1) is 6.58 Å². The molecule has 1 aliphatic carbocycles. The highest BCUT2D eigenvalue weighted by atomic mass is 16.1. The molecular weight excluding hydrogens is 136 g/mol. The Morgan fingerprint density at radius 2 is 1.91 bits per heavy atom. The summed E-state index contributed by atoms with van der Waals surface area (Å²) in [5.74, 6) is 1.39. The quantitative estimate of drug-likeness (QED) is 0.556. The molecule has 1 heteroatoms. The number of allylic oxidation sites excluding steroid dienone is 1. The maximum Gasteiger partial charge on any atom is 0.132 e. The lowest BCUT2D eigenvalue weighted by Gasteiger charge is -2.24. The molecule has 0 aliphatic heterocycles. The molecule has 0 aromatic carbocycles. The second kappa shape index (κ2) is 3.70. The van der Waals surface area contributed by atoms with Gasteiger partial charge < -0.3 is 0 Å². The Bertz CT molecular complexity index is 152. The van der Waals surface area contributed by atoms with E-state index >= 15 is 0 Å². The van der Waals surface area contributed by atoms with Crippen molar-refractivity contribution in [2.75, 3.05) is 0 Å². The minimum atomic E-state index is 0.353. The Morgan fingerprint density at radius 3 is 2.27 bits per heavy atom. The molecule has 1 nitrogen and oxygen atoms in total. The minimum Gasteiger partial charge on any atom is -0.300 e. The van der Waals surface area contributed by atoms with Gasteiger partial charge in [0.2, 0.25) is 0 Å². The van der Waals surface area contributed by atoms with Gasteiger partial charge >= 0.3 is 0 Å². The SMILES string of the molecule is C=CC1CCC(C(C)=O)CC1. The largest absolute Gasteiger partial charge is 0.300 e. The summed E-state index contributed by atoms with van der Waals surface area (Å²) in [7, 11) is 0. The van der Waals surface area contributed by atoms with Crippen molar-refractivity contribution in [2.24, 2.45) is 11.8 Å². The fourth-order valence-corrected chi connectivity index (χ4v) is 1.76. The van der Waals surface area contributed by atoms with E-state index in [9.17, 15) is 4.79 Å². The van der Waals surface area contributed by atoms with Crippen LogP contribution in [0.2, 0.25) is 0 Å². The molecule has 0 aromatic heterocycles. The molecule has 1 fully saturated rings. The van der Waals surface area contributed by atoms with Gasteiger partial charge in [0.15, 0.2) is 0 Å². The molecule has 0 bridgehead atoms. The van der Waals surface area contributed by atoms with Crippen molar-refractivity contribution < 1.29 is 4.79 Å². The fraction of sp³-hybridized carbons (Fsp3) is 0.700. The molecule has 1 rings (SSSR count). The first-order valence-corrected chi connectivity index (χ1v) is 4.37. The maximum absolute atomic E-state index is 11.0. The predicted octanol–water partition coefficient (Wildman–Crippen LogP) is 2.57. The van der Waals surface area contributed by atoms with Crippen LogP contribution in [-0.2, 0) is 4.79 Å². The molecule has 0 aromatic rings. The van der Waals surface area contributed by atoms with Gasteiger partial charge in [0.05, 0.1) is 0 Å². The van der Waals surface area contributed by atoms with Crippen LogP contribution in [0.1, 0.15) is 32.6 Å². The number of hydrogen-bond donors (Lipinski definition) is 0. The summed E-state index contributed by atoms with van der Waals surface area (Å²) in [6.45, 7) is 5.48. The standard InChI is InChI=1S/C10H16O/c1-3-9-4-6-10(7-5-9)8(2)11/h3,9-10H,1,4-7H2,2H3. The van der Waals surface area contributed by atoms with Crippen molar-refractivity contribution in [1.29, 1.82) is 0 Å². The van der Waals surface area contributed by atoms with Crippen molar-refractivity contribution in [3.8, 4) is 0 Å². The normalized spacial score (nSPS) is 31.4. The Hall–Kier alpha value is -0.590. The van der Waals surface area contributed by atoms with E-state index in [2.05, 4.69) is 6.58 Å². The van der Waals surface area contributed by atoms with Gasteiger partial charge in [0.25, 0.3) is 0 Å². The summed E-state index contributed by atoms with van der Waals surface area (Å²) >= 11 is 0. The first kappa shape index (κ1) is 8.51. The lowest BCUT2D eigenvalue weighted by atomic mass is 9.80. The monoisotopic (exact) mass is 152 g/mol. The molecule has 0 atom stereocenters. The topological polar surface area (TPSA) is 17.1 Å². The van der Waals surface area contributed by atoms with Crippen molar-refractivity contribution in [1.82, 2.24) is 0 Å². The second-order valence-electron chi connectivity index (χ2n) is 3.46. The van der Waals surface area contributed by atoms with Gasteiger partial charge in [-0.2, -0.15) is 0 Å². The number of hydrogen-bond acceptors (Lipinski definition) is 1. The Labute approximate surface area is 68.5 Å². The third-order valence-electron chi connectivity index (χ3n) is 2.68. The van der Waals surface area contributed by atoms with E-state index in [1.165, 1.54) is 0 Å². The van der Waals surface area contributed by atoms with Gasteiger partial charge in [-0.25, -0.2) is 0 Å². The number of ketones is 1. The van der Waals surface area contributed by atoms with Crippen LogP contribution in [-0.4, -0.2) is 5.78 Å². The summed E-state index contributed by atoms with van der Waals surface area (Å²) in [6, 6.07) is 0. The number of carbonyl (C=O) groups is 1. The Morgan fingerprint density at radius 1 is 1.36 bits per heavy atom. The summed E-state index contributed by atoms with van der Waals surface area (Å²) < 4.78 is 0. The zero-order valence-electron chi connectivity index (χ0n) is 7.18. The molecule has 11 heavy (non-hydrogen) atoms. The Kier molecular flexibility index (Phi) is 2.86. The van der Waals surface area contributed by atoms with Crippen molar-refractivity contribution in [3.05, 3.63) is 12.7 Å². The Balaban J connectivity index is 2.35. The van der Waals surface area contributed by atoms with Crippen LogP contribution in [0.4, 0.5) is 0 Å². The molecule has 0 saturated heterocycles. The average molecular weight is 152 g/mol. The molecule has 0 radical (unpaired) electrons. The highest BCUT2D eigenvalue weighted by Crippen LogP contribution is 2.29. The van der Waals surface area contributed by atoms with E-state index in [-0.39, 0.29) is 0 Å². The first-order chi connectivity index (χ1) is 5.24. The van der Waals surface area contributed by atoms with E-state index in [4.69, 9.17) is 0 Å². The summed E-state index contributed by atoms with van der Waals surface area (Å²) in [5.41, 5.74) is 0. The van der Waals surface area contributed by atoms with E-state index in [0.717, 1.165) is 25.7 Å². The zero-order valence-corrected chi connectivity index (χ0v) is 7.18. The third kappa shape index (κ3) is 2.18. The smallest absolute Gasteiger partial charge is 0.132 e. The summed E-state index contributed by atoms with van der Waals surface area (Å²) in [5, 5.41) is 0. The molecule has 62 valence electrons. The van der Waals surface area contributed by atoms with E-state index in [0.29, 0.717) is 17.6 Å². The van der Waals surface area contributed by atoms with Gasteiger partial charge in [-0.3, -0.25) is 4.79 Å². The average Bonchev–Trinajstić information content (AvgIpc) is 2.05. The highest BCUT2D eigenvalue weighted by molar-refractivity contribution is 5.78. The summed E-state index contributed by atoms with van der Waals surface area (Å²) in [4.78, 5) is 11.0. The van der Waals surface area contributed by atoms with E-state index in [1.807, 2.05) is 6.08 Å². The van der Waals surface area contributed by atoms with Crippen LogP contribution >= 0.6 is 0 Å². The van der Waals surface area contributed by atoms with Crippen LogP contribution in [0.15, 0.2) is 12.7 Å². The highest BCUT2D eigenvalue weighted by Gasteiger charge is 2.21. The molecule has 1 aliphatic rings. The lowest BCUT2D eigenvalue weighted by Crippen LogP contribution is -2.18. The number of Topliss-reactive ketones (excluding diaryl/α,β-unsaturated/α-hetero) is 1. The molecule has 0 spiro atoms. The number of rotatable bonds is 2. The van der Waals surface area contributed by atoms with Gasteiger partial charge in [-0.1, -0.05) is 6.08 Å². The van der Waals surface area contributed by atoms with Gasteiger partial charge in [0, 0.05) is 5.92 Å². The number of carbonyl (C=O) groups excluding carboxylic acids is 1. The lowest BCUT2D eigenvalue weighted by molar-refractivity contribution is -0.121. The van der Waals surface area contributed by atoms with Crippen LogP contribution in [0, 0.1) is 11.8 Å². The van der Waals surface area contributed by atoms with Gasteiger partial charge in [0.1, 0.15) is 5.78 Å². The van der Waals surface area contributed by atoms with Crippen LogP contribution in [0.3, 0.4) is 0 Å². The molecular formula is C10H16O. The fourth-order valence-electron chi connectivity index (χ4n) is 1.76. The molecule has 0 N–H and O–H groups in total. The zero-order chi connectivity index (χ0) is 8.27. The van der Waals surface area contributed by atoms with Crippen molar-refractivity contribution in [2.45, 2.75) is 32.6 Å². The van der Waals surface area contributed by atoms with Crippen molar-refractivity contribution >= 4 is 5.78 Å².